The first kappa shape index (κ1) is 18.6. The summed E-state index contributed by atoms with van der Waals surface area (Å²) in [6, 6.07) is 12.5. The number of nitrogens with one attached hydrogen (secondary N) is 1. The third-order valence-corrected chi connectivity index (χ3v) is 5.01. The van der Waals surface area contributed by atoms with Crippen molar-refractivity contribution in [3.05, 3.63) is 69.4 Å². The monoisotopic (exact) mass is 418 g/mol. The molecule has 0 bridgehead atoms. The topological polar surface area (TPSA) is 49.4 Å². The molecule has 0 radical (unpaired) electrons. The lowest BCUT2D eigenvalue weighted by Crippen LogP contribution is -2.36. The first-order valence-corrected chi connectivity index (χ1v) is 9.41. The van der Waals surface area contributed by atoms with Crippen molar-refractivity contribution in [3.63, 3.8) is 0 Å². The van der Waals surface area contributed by atoms with Crippen molar-refractivity contribution < 1.29 is 14.0 Å². The van der Waals surface area contributed by atoms with Crippen LogP contribution < -0.4 is 5.32 Å². The maximum absolute atomic E-state index is 13.8. The van der Waals surface area contributed by atoms with Crippen molar-refractivity contribution in [1.29, 1.82) is 0 Å². The average Bonchev–Trinajstić information content (AvgIpc) is 2.64. The normalized spacial score (nSPS) is 13.2. The second kappa shape index (κ2) is 8.45. The van der Waals surface area contributed by atoms with Crippen LogP contribution in [0.3, 0.4) is 0 Å². The number of nitrogens with zero attached hydrogens (tertiary/aromatic N) is 1. The van der Waals surface area contributed by atoms with Crippen LogP contribution in [0.15, 0.2) is 46.9 Å². The van der Waals surface area contributed by atoms with Gasteiger partial charge in [0.2, 0.25) is 5.91 Å². The number of hydrogen-bond donors (Lipinski definition) is 1. The molecule has 0 fully saturated rings. The molecule has 26 heavy (non-hydrogen) atoms. The highest BCUT2D eigenvalue weighted by Gasteiger charge is 2.20. The Bertz CT molecular complexity index is 825. The fraction of sp³-hybridized carbons (Fsp3) is 0.300. The fourth-order valence-corrected chi connectivity index (χ4v) is 3.41. The van der Waals surface area contributed by atoms with Gasteiger partial charge in [0.05, 0.1) is 5.56 Å². The van der Waals surface area contributed by atoms with Gasteiger partial charge in [0.15, 0.2) is 0 Å². The lowest BCUT2D eigenvalue weighted by atomic mass is 9.99. The van der Waals surface area contributed by atoms with E-state index in [2.05, 4.69) is 33.4 Å². The number of amides is 2. The van der Waals surface area contributed by atoms with Crippen LogP contribution in [0.1, 0.15) is 34.3 Å². The smallest absolute Gasteiger partial charge is 0.254 e. The highest BCUT2D eigenvalue weighted by molar-refractivity contribution is 9.10. The molecule has 0 aliphatic carbocycles. The summed E-state index contributed by atoms with van der Waals surface area (Å²) in [5.41, 5.74) is 2.51. The van der Waals surface area contributed by atoms with Crippen LogP contribution in [-0.4, -0.2) is 29.8 Å². The molecule has 1 aliphatic rings. The van der Waals surface area contributed by atoms with Crippen molar-refractivity contribution in [3.8, 4) is 0 Å². The minimum Gasteiger partial charge on any atom is -0.352 e. The van der Waals surface area contributed by atoms with Crippen LogP contribution in [0.4, 0.5) is 4.39 Å². The van der Waals surface area contributed by atoms with Crippen LogP contribution in [0.5, 0.6) is 0 Å². The van der Waals surface area contributed by atoms with Gasteiger partial charge in [-0.05, 0) is 42.2 Å². The molecule has 1 heterocycles. The minimum absolute atomic E-state index is 0.00663. The summed E-state index contributed by atoms with van der Waals surface area (Å²) in [7, 11) is 0. The van der Waals surface area contributed by atoms with Crippen LogP contribution >= 0.6 is 15.9 Å². The summed E-state index contributed by atoms with van der Waals surface area (Å²) in [6.07, 6.45) is 1.77. The second-order valence-electron chi connectivity index (χ2n) is 6.32. The zero-order valence-corrected chi connectivity index (χ0v) is 15.9. The number of benzene rings is 2. The van der Waals surface area contributed by atoms with Gasteiger partial charge in [-0.25, -0.2) is 4.39 Å². The quantitative estimate of drug-likeness (QED) is 0.752. The van der Waals surface area contributed by atoms with Crippen LogP contribution in [0, 0.1) is 5.82 Å². The zero-order chi connectivity index (χ0) is 18.5. The van der Waals surface area contributed by atoms with Crippen molar-refractivity contribution in [1.82, 2.24) is 10.2 Å². The van der Waals surface area contributed by atoms with Crippen LogP contribution in [0.2, 0.25) is 0 Å². The first-order chi connectivity index (χ1) is 12.5. The van der Waals surface area contributed by atoms with E-state index in [1.165, 1.54) is 23.3 Å². The molecule has 0 saturated carbocycles. The van der Waals surface area contributed by atoms with Crippen LogP contribution in [-0.2, 0) is 17.8 Å². The third-order valence-electron chi connectivity index (χ3n) is 4.51. The lowest BCUT2D eigenvalue weighted by Gasteiger charge is -2.29. The summed E-state index contributed by atoms with van der Waals surface area (Å²) in [5, 5.41) is 2.67. The Balaban J connectivity index is 1.44. The number of hydrogen-bond acceptors (Lipinski definition) is 2. The number of halogens is 2. The van der Waals surface area contributed by atoms with Gasteiger partial charge in [0, 0.05) is 30.5 Å². The van der Waals surface area contributed by atoms with Gasteiger partial charge in [0.1, 0.15) is 5.82 Å². The molecule has 4 nitrogen and oxygen atoms in total. The summed E-state index contributed by atoms with van der Waals surface area (Å²) in [5.74, 6) is -0.946. The van der Waals surface area contributed by atoms with E-state index in [1.54, 1.807) is 6.07 Å². The van der Waals surface area contributed by atoms with E-state index in [0.717, 1.165) is 13.0 Å². The third kappa shape index (κ3) is 4.49. The Morgan fingerprint density at radius 3 is 2.69 bits per heavy atom. The maximum Gasteiger partial charge on any atom is 0.254 e. The van der Waals surface area contributed by atoms with E-state index in [4.69, 9.17) is 0 Å². The standard InChI is InChI=1S/C20H20BrFN2O2/c21-16-7-8-17(18(22)12-16)20(26)23-10-3-6-19(25)24-11-9-14-4-1-2-5-15(14)13-24/h1-2,4-5,7-8,12H,3,6,9-11,13H2,(H,23,26). The zero-order valence-electron chi connectivity index (χ0n) is 14.3. The Morgan fingerprint density at radius 2 is 1.92 bits per heavy atom. The van der Waals surface area contributed by atoms with E-state index in [1.807, 2.05) is 17.0 Å². The molecule has 2 aromatic carbocycles. The molecule has 0 saturated heterocycles. The highest BCUT2D eigenvalue weighted by Crippen LogP contribution is 2.19. The lowest BCUT2D eigenvalue weighted by molar-refractivity contribution is -0.132. The van der Waals surface area contributed by atoms with Crippen molar-refractivity contribution in [2.75, 3.05) is 13.1 Å². The van der Waals surface area contributed by atoms with E-state index >= 15 is 0 Å². The number of carbonyl (C=O) groups excluding carboxylic acids is 2. The molecule has 0 unspecified atom stereocenters. The molecule has 0 atom stereocenters. The molecule has 2 aromatic rings. The van der Waals surface area contributed by atoms with E-state index in [0.29, 0.717) is 30.4 Å². The van der Waals surface area contributed by atoms with Crippen molar-refractivity contribution in [2.24, 2.45) is 0 Å². The summed E-state index contributed by atoms with van der Waals surface area (Å²) < 4.78 is 14.3. The number of carbonyl (C=O) groups is 2. The number of fused-ring (bicyclic) bond motifs is 1. The van der Waals surface area contributed by atoms with Gasteiger partial charge in [-0.15, -0.1) is 0 Å². The van der Waals surface area contributed by atoms with Crippen molar-refractivity contribution in [2.45, 2.75) is 25.8 Å². The molecule has 3 rings (SSSR count). The SMILES string of the molecule is O=C(NCCCC(=O)N1CCc2ccccc2C1)c1ccc(Br)cc1F. The van der Waals surface area contributed by atoms with Gasteiger partial charge < -0.3 is 10.2 Å². The molecule has 2 amide bonds. The largest absolute Gasteiger partial charge is 0.352 e. The van der Waals surface area contributed by atoms with Crippen LogP contribution in [0.25, 0.3) is 0 Å². The molecular weight excluding hydrogens is 399 g/mol. The van der Waals surface area contributed by atoms with Gasteiger partial charge in [-0.2, -0.15) is 0 Å². The van der Waals surface area contributed by atoms with E-state index in [9.17, 15) is 14.0 Å². The van der Waals surface area contributed by atoms with Crippen molar-refractivity contribution >= 4 is 27.7 Å². The van der Waals surface area contributed by atoms with Gasteiger partial charge in [0.25, 0.3) is 5.91 Å². The Kier molecular flexibility index (Phi) is 6.04. The predicted molar refractivity (Wildman–Crippen MR) is 101 cm³/mol. The number of rotatable bonds is 5. The predicted octanol–water partition coefficient (Wildman–Crippen LogP) is 3.68. The molecule has 1 N–H and O–H groups in total. The van der Waals surface area contributed by atoms with Gasteiger partial charge in [-0.1, -0.05) is 40.2 Å². The minimum atomic E-state index is -0.570. The molecule has 1 aliphatic heterocycles. The molecule has 0 aromatic heterocycles. The van der Waals surface area contributed by atoms with E-state index in [-0.39, 0.29) is 11.5 Å². The summed E-state index contributed by atoms with van der Waals surface area (Å²) in [4.78, 5) is 26.2. The molecule has 6 heteroatoms. The highest BCUT2D eigenvalue weighted by atomic mass is 79.9. The Hall–Kier alpha value is -2.21. The average molecular weight is 419 g/mol. The van der Waals surface area contributed by atoms with Gasteiger partial charge in [-0.3, -0.25) is 9.59 Å². The Labute approximate surface area is 160 Å². The second-order valence-corrected chi connectivity index (χ2v) is 7.23. The first-order valence-electron chi connectivity index (χ1n) is 8.62. The summed E-state index contributed by atoms with van der Waals surface area (Å²) >= 11 is 3.16. The Morgan fingerprint density at radius 1 is 1.15 bits per heavy atom. The molecule has 136 valence electrons. The van der Waals surface area contributed by atoms with Gasteiger partial charge >= 0.3 is 0 Å². The molecular formula is C20H20BrFN2O2. The maximum atomic E-state index is 13.8. The fourth-order valence-electron chi connectivity index (χ4n) is 3.08. The molecule has 0 spiro atoms. The summed E-state index contributed by atoms with van der Waals surface area (Å²) in [6.45, 7) is 1.71. The van der Waals surface area contributed by atoms with E-state index < -0.39 is 11.7 Å².